The van der Waals surface area contributed by atoms with Crippen molar-refractivity contribution in [1.82, 2.24) is 4.98 Å². The Morgan fingerprint density at radius 3 is 2.41 bits per heavy atom. The molecule has 0 fully saturated rings. The maximum absolute atomic E-state index is 13.5. The van der Waals surface area contributed by atoms with Crippen LogP contribution in [0.25, 0.3) is 22.0 Å². The van der Waals surface area contributed by atoms with Gasteiger partial charge in [-0.3, -0.25) is 14.6 Å². The molecule has 5 rings (SSSR count). The van der Waals surface area contributed by atoms with Crippen LogP contribution in [-0.4, -0.2) is 21.8 Å². The van der Waals surface area contributed by atoms with Gasteiger partial charge in [0.25, 0.3) is 0 Å². The Bertz CT molecular complexity index is 1620. The van der Waals surface area contributed by atoms with Gasteiger partial charge in [0.2, 0.25) is 0 Å². The van der Waals surface area contributed by atoms with Crippen LogP contribution in [0.4, 0.5) is 5.69 Å². The lowest BCUT2D eigenvalue weighted by molar-refractivity contribution is -0.136. The van der Waals surface area contributed by atoms with Crippen LogP contribution in [-0.2, 0) is 17.8 Å². The fourth-order valence-corrected chi connectivity index (χ4v) is 4.65. The van der Waals surface area contributed by atoms with Gasteiger partial charge in [0.1, 0.15) is 0 Å². The number of nitrogens with zero attached hydrogens (tertiary/aromatic N) is 1. The van der Waals surface area contributed by atoms with Gasteiger partial charge >= 0.3 is 5.97 Å². The van der Waals surface area contributed by atoms with Gasteiger partial charge in [0, 0.05) is 40.5 Å². The molecule has 0 spiro atoms. The molecule has 4 aromatic carbocycles. The molecular formula is C31H23ClN2O3. The third-order valence-electron chi connectivity index (χ3n) is 6.12. The van der Waals surface area contributed by atoms with E-state index in [9.17, 15) is 9.59 Å². The molecule has 2 N–H and O–H groups in total. The van der Waals surface area contributed by atoms with Gasteiger partial charge in [-0.2, -0.15) is 0 Å². The summed E-state index contributed by atoms with van der Waals surface area (Å²) in [4.78, 5) is 29.1. The minimum Gasteiger partial charge on any atom is -0.481 e. The van der Waals surface area contributed by atoms with Crippen molar-refractivity contribution in [2.75, 3.05) is 5.32 Å². The van der Waals surface area contributed by atoms with E-state index >= 15 is 0 Å². The van der Waals surface area contributed by atoms with Crippen LogP contribution in [0.5, 0.6) is 0 Å². The molecule has 0 aliphatic heterocycles. The molecule has 0 unspecified atom stereocenters. The second-order valence-electron chi connectivity index (χ2n) is 8.70. The SMILES string of the molecule is O=C(O)Cc1cccc(CNc2cccc(-c3c(C(=O)c4ccccc4)cnc4c(Cl)cccc34)c2)c1. The first-order valence-corrected chi connectivity index (χ1v) is 12.2. The molecule has 0 aliphatic rings. The topological polar surface area (TPSA) is 79.3 Å². The Morgan fingerprint density at radius 2 is 1.59 bits per heavy atom. The summed E-state index contributed by atoms with van der Waals surface area (Å²) in [6, 6.07) is 30.1. The molecule has 5 nitrogen and oxygen atoms in total. The van der Waals surface area contributed by atoms with Gasteiger partial charge in [-0.15, -0.1) is 0 Å². The van der Waals surface area contributed by atoms with Crippen LogP contribution in [0.2, 0.25) is 5.02 Å². The number of hydrogen-bond acceptors (Lipinski definition) is 4. The molecule has 37 heavy (non-hydrogen) atoms. The number of anilines is 1. The van der Waals surface area contributed by atoms with Crippen molar-refractivity contribution in [1.29, 1.82) is 0 Å². The number of carbonyl (C=O) groups is 2. The Balaban J connectivity index is 1.53. The number of fused-ring (bicyclic) bond motifs is 1. The first-order valence-electron chi connectivity index (χ1n) is 11.8. The first-order chi connectivity index (χ1) is 18.0. The van der Waals surface area contributed by atoms with Crippen LogP contribution < -0.4 is 5.32 Å². The van der Waals surface area contributed by atoms with Gasteiger partial charge < -0.3 is 10.4 Å². The smallest absolute Gasteiger partial charge is 0.307 e. The fraction of sp³-hybridized carbons (Fsp3) is 0.0645. The van der Waals surface area contributed by atoms with E-state index in [0.29, 0.717) is 28.2 Å². The van der Waals surface area contributed by atoms with Crippen molar-refractivity contribution >= 4 is 39.9 Å². The maximum atomic E-state index is 13.5. The number of aromatic nitrogens is 1. The van der Waals surface area contributed by atoms with Crippen molar-refractivity contribution in [3.05, 3.63) is 131 Å². The molecule has 182 valence electrons. The molecule has 0 bridgehead atoms. The van der Waals surface area contributed by atoms with E-state index in [1.54, 1.807) is 24.4 Å². The molecule has 1 heterocycles. The van der Waals surface area contributed by atoms with E-state index in [4.69, 9.17) is 16.7 Å². The van der Waals surface area contributed by atoms with E-state index in [1.807, 2.05) is 78.9 Å². The molecule has 0 aliphatic carbocycles. The largest absolute Gasteiger partial charge is 0.481 e. The average molecular weight is 507 g/mol. The summed E-state index contributed by atoms with van der Waals surface area (Å²) in [6.07, 6.45) is 1.59. The van der Waals surface area contributed by atoms with Crippen molar-refractivity contribution in [2.24, 2.45) is 0 Å². The van der Waals surface area contributed by atoms with Crippen LogP contribution in [0.3, 0.4) is 0 Å². The molecule has 0 saturated heterocycles. The summed E-state index contributed by atoms with van der Waals surface area (Å²) in [5.41, 5.74) is 5.95. The molecule has 0 amide bonds. The zero-order valence-electron chi connectivity index (χ0n) is 19.8. The van der Waals surface area contributed by atoms with E-state index in [2.05, 4.69) is 10.3 Å². The van der Waals surface area contributed by atoms with Crippen molar-refractivity contribution in [2.45, 2.75) is 13.0 Å². The van der Waals surface area contributed by atoms with Gasteiger partial charge in [-0.25, -0.2) is 0 Å². The summed E-state index contributed by atoms with van der Waals surface area (Å²) in [7, 11) is 0. The van der Waals surface area contributed by atoms with Crippen molar-refractivity contribution < 1.29 is 14.7 Å². The van der Waals surface area contributed by atoms with Crippen LogP contribution in [0.1, 0.15) is 27.0 Å². The fourth-order valence-electron chi connectivity index (χ4n) is 4.43. The van der Waals surface area contributed by atoms with E-state index in [1.165, 1.54) is 0 Å². The van der Waals surface area contributed by atoms with Crippen molar-refractivity contribution in [3.63, 3.8) is 0 Å². The number of benzene rings is 4. The average Bonchev–Trinajstić information content (AvgIpc) is 2.91. The zero-order chi connectivity index (χ0) is 25.8. The number of carboxylic acids is 1. The normalized spacial score (nSPS) is 10.8. The molecule has 0 saturated carbocycles. The highest BCUT2D eigenvalue weighted by atomic mass is 35.5. The van der Waals surface area contributed by atoms with Gasteiger partial charge in [0.05, 0.1) is 17.0 Å². The Labute approximate surface area is 219 Å². The summed E-state index contributed by atoms with van der Waals surface area (Å²) < 4.78 is 0. The highest BCUT2D eigenvalue weighted by molar-refractivity contribution is 6.35. The van der Waals surface area contributed by atoms with E-state index < -0.39 is 5.97 Å². The summed E-state index contributed by atoms with van der Waals surface area (Å²) >= 11 is 6.46. The lowest BCUT2D eigenvalue weighted by Gasteiger charge is -2.15. The number of aliphatic carboxylic acids is 1. The van der Waals surface area contributed by atoms with E-state index in [-0.39, 0.29) is 12.2 Å². The summed E-state index contributed by atoms with van der Waals surface area (Å²) in [5, 5.41) is 13.8. The lowest BCUT2D eigenvalue weighted by atomic mass is 9.92. The molecular weight excluding hydrogens is 484 g/mol. The highest BCUT2D eigenvalue weighted by Crippen LogP contribution is 2.36. The Hall–Kier alpha value is -4.48. The number of pyridine rings is 1. The maximum Gasteiger partial charge on any atom is 0.307 e. The van der Waals surface area contributed by atoms with Gasteiger partial charge in [-0.1, -0.05) is 90.5 Å². The minimum absolute atomic E-state index is 0.0147. The number of nitrogens with one attached hydrogen (secondary N) is 1. The zero-order valence-corrected chi connectivity index (χ0v) is 20.6. The number of halogens is 1. The second kappa shape index (κ2) is 10.6. The standard InChI is InChI=1S/C31H23ClN2O3/c32-27-14-6-13-25-29(26(19-34-30(25)27)31(37)22-9-2-1-3-10-22)23-11-5-12-24(17-23)33-18-21-8-4-7-20(15-21)16-28(35)36/h1-15,17,19,33H,16,18H2,(H,35,36). The van der Waals surface area contributed by atoms with E-state index in [0.717, 1.165) is 33.3 Å². The number of rotatable bonds is 8. The minimum atomic E-state index is -0.858. The predicted octanol–water partition coefficient (Wildman–Crippen LogP) is 7.03. The molecule has 0 radical (unpaired) electrons. The third kappa shape index (κ3) is 5.37. The van der Waals surface area contributed by atoms with Gasteiger partial charge in [-0.05, 0) is 34.9 Å². The monoisotopic (exact) mass is 506 g/mol. The second-order valence-corrected chi connectivity index (χ2v) is 9.11. The van der Waals surface area contributed by atoms with Crippen LogP contribution in [0, 0.1) is 0 Å². The third-order valence-corrected chi connectivity index (χ3v) is 6.43. The number of carbonyl (C=O) groups excluding carboxylic acids is 1. The molecule has 0 atom stereocenters. The molecule has 5 aromatic rings. The first kappa shape index (κ1) is 24.2. The lowest BCUT2D eigenvalue weighted by Crippen LogP contribution is -2.06. The molecule has 6 heteroatoms. The number of hydrogen-bond donors (Lipinski definition) is 2. The number of para-hydroxylation sites is 1. The van der Waals surface area contributed by atoms with Crippen LogP contribution in [0.15, 0.2) is 103 Å². The molecule has 1 aromatic heterocycles. The Kier molecular flexibility index (Phi) is 6.97. The number of ketones is 1. The highest BCUT2D eigenvalue weighted by Gasteiger charge is 2.19. The summed E-state index contributed by atoms with van der Waals surface area (Å²) in [6.45, 7) is 0.523. The Morgan fingerprint density at radius 1 is 0.838 bits per heavy atom. The van der Waals surface area contributed by atoms with Crippen LogP contribution >= 0.6 is 11.6 Å². The van der Waals surface area contributed by atoms with Gasteiger partial charge in [0.15, 0.2) is 5.78 Å². The predicted molar refractivity (Wildman–Crippen MR) is 147 cm³/mol. The quantitative estimate of drug-likeness (QED) is 0.221. The number of carboxylic acid groups (broad SMARTS) is 1. The summed E-state index contributed by atoms with van der Waals surface area (Å²) in [5.74, 6) is -0.970. The van der Waals surface area contributed by atoms with Crippen molar-refractivity contribution in [3.8, 4) is 11.1 Å².